The number of benzene rings is 1. The highest BCUT2D eigenvalue weighted by Crippen LogP contribution is 2.19. The number of ether oxygens (including phenoxy) is 1. The lowest BCUT2D eigenvalue weighted by Gasteiger charge is -2.14. The lowest BCUT2D eigenvalue weighted by Crippen LogP contribution is -2.42. The van der Waals surface area contributed by atoms with Gasteiger partial charge in [0.2, 0.25) is 0 Å². The Morgan fingerprint density at radius 3 is 3.00 bits per heavy atom. The molecular formula is C14H15N3O3. The summed E-state index contributed by atoms with van der Waals surface area (Å²) in [7, 11) is 0. The number of nitrogens with zero attached hydrogens (tertiary/aromatic N) is 1. The molecule has 0 aliphatic carbocycles. The highest BCUT2D eigenvalue weighted by molar-refractivity contribution is 5.95. The zero-order valence-electron chi connectivity index (χ0n) is 10.7. The fraction of sp³-hybridized carbons (Fsp3) is 0.286. The minimum atomic E-state index is -0.643. The van der Waals surface area contributed by atoms with E-state index in [0.717, 1.165) is 11.1 Å². The summed E-state index contributed by atoms with van der Waals surface area (Å²) >= 11 is 0. The molecule has 1 aromatic carbocycles. The third kappa shape index (κ3) is 2.56. The van der Waals surface area contributed by atoms with Crippen LogP contribution in [0.5, 0.6) is 0 Å². The van der Waals surface area contributed by atoms with Crippen molar-refractivity contribution in [2.24, 2.45) is 0 Å². The van der Waals surface area contributed by atoms with Gasteiger partial charge in [0, 0.05) is 17.3 Å². The summed E-state index contributed by atoms with van der Waals surface area (Å²) in [6.45, 7) is 0.605. The Bertz CT molecular complexity index is 597. The van der Waals surface area contributed by atoms with Gasteiger partial charge in [0.15, 0.2) is 0 Å². The first kappa shape index (κ1) is 12.8. The van der Waals surface area contributed by atoms with Crippen LogP contribution >= 0.6 is 0 Å². The van der Waals surface area contributed by atoms with Gasteiger partial charge in [-0.2, -0.15) is 5.10 Å². The van der Waals surface area contributed by atoms with Crippen molar-refractivity contribution in [3.63, 3.8) is 0 Å². The van der Waals surface area contributed by atoms with Gasteiger partial charge in [0.25, 0.3) is 5.91 Å². The quantitative estimate of drug-likeness (QED) is 0.763. The molecule has 2 atom stereocenters. The molecule has 0 spiro atoms. The maximum atomic E-state index is 12.2. The number of aliphatic hydroxyl groups excluding tert-OH is 1. The smallest absolute Gasteiger partial charge is 0.251 e. The summed E-state index contributed by atoms with van der Waals surface area (Å²) in [5.41, 5.74) is 2.38. The number of hydrogen-bond acceptors (Lipinski definition) is 4. The maximum Gasteiger partial charge on any atom is 0.251 e. The third-order valence-electron chi connectivity index (χ3n) is 3.32. The predicted molar refractivity (Wildman–Crippen MR) is 72.1 cm³/mol. The predicted octanol–water partition coefficient (Wildman–Crippen LogP) is 0.566. The van der Waals surface area contributed by atoms with Crippen LogP contribution in [0.3, 0.4) is 0 Å². The zero-order chi connectivity index (χ0) is 13.9. The van der Waals surface area contributed by atoms with E-state index in [0.29, 0.717) is 12.2 Å². The molecule has 3 rings (SSSR count). The lowest BCUT2D eigenvalue weighted by molar-refractivity contribution is 0.0886. The van der Waals surface area contributed by atoms with Crippen LogP contribution in [0.4, 0.5) is 0 Å². The number of aromatic nitrogens is 2. The van der Waals surface area contributed by atoms with E-state index in [4.69, 9.17) is 4.74 Å². The zero-order valence-corrected chi connectivity index (χ0v) is 10.7. The van der Waals surface area contributed by atoms with E-state index >= 15 is 0 Å². The molecular weight excluding hydrogens is 258 g/mol. The number of amides is 1. The average molecular weight is 273 g/mol. The van der Waals surface area contributed by atoms with Crippen molar-refractivity contribution in [1.82, 2.24) is 15.5 Å². The molecule has 1 aliphatic heterocycles. The number of carbonyl (C=O) groups excluding carboxylic acids is 1. The van der Waals surface area contributed by atoms with Gasteiger partial charge in [0.1, 0.15) is 0 Å². The van der Waals surface area contributed by atoms with Crippen LogP contribution in [0.1, 0.15) is 10.4 Å². The Labute approximate surface area is 115 Å². The summed E-state index contributed by atoms with van der Waals surface area (Å²) in [4.78, 5) is 12.2. The first-order chi connectivity index (χ1) is 9.74. The Kier molecular flexibility index (Phi) is 3.49. The van der Waals surface area contributed by atoms with Crippen molar-refractivity contribution >= 4 is 5.91 Å². The van der Waals surface area contributed by atoms with Gasteiger partial charge in [0.05, 0.1) is 31.6 Å². The number of H-pyrrole nitrogens is 1. The van der Waals surface area contributed by atoms with Gasteiger partial charge in [-0.15, -0.1) is 0 Å². The molecule has 104 valence electrons. The number of hydrogen-bond donors (Lipinski definition) is 3. The van der Waals surface area contributed by atoms with E-state index in [1.807, 2.05) is 12.1 Å². The minimum absolute atomic E-state index is 0.218. The first-order valence-corrected chi connectivity index (χ1v) is 6.40. The van der Waals surface area contributed by atoms with Crippen molar-refractivity contribution in [2.45, 2.75) is 12.1 Å². The number of aliphatic hydroxyl groups is 1. The Hall–Kier alpha value is -2.18. The molecule has 6 nitrogen and oxygen atoms in total. The fourth-order valence-corrected chi connectivity index (χ4v) is 2.18. The van der Waals surface area contributed by atoms with E-state index in [9.17, 15) is 9.90 Å². The SMILES string of the molecule is O=C(N[C@H]1COC[C@@H]1O)c1cccc(-c2cn[nH]c2)c1. The number of aromatic amines is 1. The minimum Gasteiger partial charge on any atom is -0.388 e. The van der Waals surface area contributed by atoms with Crippen molar-refractivity contribution in [3.8, 4) is 11.1 Å². The maximum absolute atomic E-state index is 12.2. The van der Waals surface area contributed by atoms with Crippen molar-refractivity contribution in [1.29, 1.82) is 0 Å². The molecule has 2 aromatic rings. The van der Waals surface area contributed by atoms with Crippen LogP contribution in [0.15, 0.2) is 36.7 Å². The third-order valence-corrected chi connectivity index (χ3v) is 3.32. The van der Waals surface area contributed by atoms with Crippen LogP contribution in [-0.2, 0) is 4.74 Å². The van der Waals surface area contributed by atoms with Crippen LogP contribution in [0.2, 0.25) is 0 Å². The Balaban J connectivity index is 1.76. The average Bonchev–Trinajstić information content (AvgIpc) is 3.12. The summed E-state index contributed by atoms with van der Waals surface area (Å²) in [5.74, 6) is -0.218. The standard InChI is InChI=1S/C14H15N3O3/c18-13-8-20-7-12(13)17-14(19)10-3-1-2-9(4-10)11-5-15-16-6-11/h1-6,12-13,18H,7-8H2,(H,15,16)(H,17,19)/t12-,13-/m0/s1. The number of rotatable bonds is 3. The number of carbonyl (C=O) groups is 1. The molecule has 1 saturated heterocycles. The highest BCUT2D eigenvalue weighted by atomic mass is 16.5. The van der Waals surface area contributed by atoms with E-state index in [1.54, 1.807) is 24.5 Å². The largest absolute Gasteiger partial charge is 0.388 e. The molecule has 1 fully saturated rings. The van der Waals surface area contributed by atoms with Crippen LogP contribution in [0, 0.1) is 0 Å². The monoisotopic (exact) mass is 273 g/mol. The Morgan fingerprint density at radius 2 is 2.30 bits per heavy atom. The second-order valence-electron chi connectivity index (χ2n) is 4.75. The lowest BCUT2D eigenvalue weighted by atomic mass is 10.1. The summed E-state index contributed by atoms with van der Waals surface area (Å²) in [6.07, 6.45) is 2.83. The van der Waals surface area contributed by atoms with E-state index in [2.05, 4.69) is 15.5 Å². The summed E-state index contributed by atoms with van der Waals surface area (Å²) < 4.78 is 5.11. The first-order valence-electron chi connectivity index (χ1n) is 6.40. The Morgan fingerprint density at radius 1 is 1.40 bits per heavy atom. The number of nitrogens with one attached hydrogen (secondary N) is 2. The van der Waals surface area contributed by atoms with Gasteiger partial charge in [-0.1, -0.05) is 12.1 Å². The molecule has 0 bridgehead atoms. The molecule has 1 aromatic heterocycles. The summed E-state index contributed by atoms with van der Waals surface area (Å²) in [6, 6.07) is 6.91. The second-order valence-corrected chi connectivity index (χ2v) is 4.75. The van der Waals surface area contributed by atoms with Crippen molar-refractivity contribution in [2.75, 3.05) is 13.2 Å². The van der Waals surface area contributed by atoms with Gasteiger partial charge in [-0.05, 0) is 17.7 Å². The highest BCUT2D eigenvalue weighted by Gasteiger charge is 2.27. The summed E-state index contributed by atoms with van der Waals surface area (Å²) in [5, 5.41) is 19.0. The van der Waals surface area contributed by atoms with Crippen molar-refractivity contribution in [3.05, 3.63) is 42.2 Å². The second kappa shape index (κ2) is 5.44. The van der Waals surface area contributed by atoms with Crippen LogP contribution < -0.4 is 5.32 Å². The van der Waals surface area contributed by atoms with Crippen LogP contribution in [-0.4, -0.2) is 46.6 Å². The van der Waals surface area contributed by atoms with E-state index in [-0.39, 0.29) is 18.6 Å². The molecule has 2 heterocycles. The topological polar surface area (TPSA) is 87.2 Å². The molecule has 20 heavy (non-hydrogen) atoms. The fourth-order valence-electron chi connectivity index (χ4n) is 2.18. The van der Waals surface area contributed by atoms with Gasteiger partial charge in [-0.25, -0.2) is 0 Å². The molecule has 0 saturated carbocycles. The van der Waals surface area contributed by atoms with E-state index < -0.39 is 6.10 Å². The van der Waals surface area contributed by atoms with Gasteiger partial charge < -0.3 is 15.2 Å². The van der Waals surface area contributed by atoms with Gasteiger partial charge >= 0.3 is 0 Å². The molecule has 1 amide bonds. The molecule has 0 radical (unpaired) electrons. The van der Waals surface area contributed by atoms with E-state index in [1.165, 1.54) is 0 Å². The molecule has 3 N–H and O–H groups in total. The normalized spacial score (nSPS) is 21.9. The van der Waals surface area contributed by atoms with Crippen molar-refractivity contribution < 1.29 is 14.6 Å². The van der Waals surface area contributed by atoms with Crippen LogP contribution in [0.25, 0.3) is 11.1 Å². The molecule has 6 heteroatoms. The van der Waals surface area contributed by atoms with Gasteiger partial charge in [-0.3, -0.25) is 9.89 Å². The molecule has 1 aliphatic rings. The molecule has 0 unspecified atom stereocenters.